The number of aromatic amines is 1. The fraction of sp³-hybridized carbons (Fsp3) is 0.323. The number of rotatable bonds is 14. The molecule has 1 aromatic heterocycles. The molecule has 4 aromatic rings. The number of tetrazole rings is 1. The lowest BCUT2D eigenvalue weighted by Gasteiger charge is -2.24. The zero-order valence-electron chi connectivity index (χ0n) is 22.7. The average molecular weight is 542 g/mol. The van der Waals surface area contributed by atoms with Gasteiger partial charge in [0.15, 0.2) is 0 Å². The van der Waals surface area contributed by atoms with Crippen LogP contribution in [0.3, 0.4) is 0 Å². The van der Waals surface area contributed by atoms with Gasteiger partial charge < -0.3 is 15.1 Å². The van der Waals surface area contributed by atoms with E-state index in [0.29, 0.717) is 31.8 Å². The predicted molar refractivity (Wildman–Crippen MR) is 153 cm³/mol. The summed E-state index contributed by atoms with van der Waals surface area (Å²) < 4.78 is 0. The van der Waals surface area contributed by atoms with Gasteiger partial charge in [-0.2, -0.15) is 5.21 Å². The van der Waals surface area contributed by atoms with Gasteiger partial charge in [0.05, 0.1) is 6.10 Å². The van der Waals surface area contributed by atoms with E-state index in [1.54, 1.807) is 4.90 Å². The van der Waals surface area contributed by atoms with E-state index in [1.807, 2.05) is 61.5 Å². The Bertz CT molecular complexity index is 1370. The summed E-state index contributed by atoms with van der Waals surface area (Å²) in [6.07, 6.45) is 1.81. The molecule has 0 aliphatic carbocycles. The van der Waals surface area contributed by atoms with Crippen molar-refractivity contribution in [3.8, 4) is 33.6 Å². The molecule has 0 radical (unpaired) electrons. The molecular weight excluding hydrogens is 506 g/mol. The summed E-state index contributed by atoms with van der Waals surface area (Å²) in [6, 6.07) is 24.4. The number of unbranched alkanes of at least 4 members (excludes halogenated alkanes) is 1. The van der Waals surface area contributed by atoms with E-state index >= 15 is 0 Å². The van der Waals surface area contributed by atoms with Crippen LogP contribution in [0.5, 0.6) is 0 Å². The van der Waals surface area contributed by atoms with Crippen molar-refractivity contribution in [3.63, 3.8) is 0 Å². The minimum absolute atomic E-state index is 0.0336. The summed E-state index contributed by atoms with van der Waals surface area (Å²) in [4.78, 5) is 25.5. The third kappa shape index (κ3) is 7.83. The summed E-state index contributed by atoms with van der Waals surface area (Å²) in [5.41, 5.74) is 5.94. The molecule has 0 bridgehead atoms. The Morgan fingerprint density at radius 3 is 2.33 bits per heavy atom. The van der Waals surface area contributed by atoms with Gasteiger partial charge in [0.2, 0.25) is 11.7 Å². The molecular formula is C31H35N5O4. The van der Waals surface area contributed by atoms with Crippen LogP contribution in [0.25, 0.3) is 33.6 Å². The standard InChI is InChI=1S/C31H35N5O4/c1-2-3-9-29(38)36(19-18-26(37)15-17-30(39)40)21-22-10-12-24(13-11-22)28-20-25(23-7-5-4-6-8-23)14-16-27(28)31-32-34-35-33-31/h4-8,10-14,16,20,26,37H,2-3,9,15,17-19,21H2,1H3,(H,39,40)(H,32,33,34,35)/t26-/m1/s1. The van der Waals surface area contributed by atoms with E-state index in [9.17, 15) is 14.7 Å². The fourth-order valence-electron chi connectivity index (χ4n) is 4.59. The van der Waals surface area contributed by atoms with Gasteiger partial charge in [0.25, 0.3) is 0 Å². The van der Waals surface area contributed by atoms with Crippen LogP contribution < -0.4 is 0 Å². The maximum atomic E-state index is 12.9. The van der Waals surface area contributed by atoms with Crippen LogP contribution in [-0.2, 0) is 16.1 Å². The molecule has 1 heterocycles. The number of carboxylic acids is 1. The van der Waals surface area contributed by atoms with Gasteiger partial charge in [0.1, 0.15) is 0 Å². The molecule has 0 saturated heterocycles. The molecule has 0 aliphatic heterocycles. The summed E-state index contributed by atoms with van der Waals surface area (Å²) in [6.45, 7) is 2.82. The van der Waals surface area contributed by atoms with Crippen molar-refractivity contribution in [3.05, 3.63) is 78.4 Å². The molecule has 1 atom stereocenters. The Kier molecular flexibility index (Phi) is 10.1. The van der Waals surface area contributed by atoms with Gasteiger partial charge in [-0.1, -0.05) is 74.0 Å². The molecule has 0 unspecified atom stereocenters. The molecule has 9 nitrogen and oxygen atoms in total. The highest BCUT2D eigenvalue weighted by molar-refractivity contribution is 5.85. The second kappa shape index (κ2) is 14.1. The number of hydrogen-bond acceptors (Lipinski definition) is 6. The Morgan fingerprint density at radius 1 is 0.900 bits per heavy atom. The molecule has 9 heteroatoms. The zero-order valence-corrected chi connectivity index (χ0v) is 22.7. The van der Waals surface area contributed by atoms with Crippen LogP contribution in [0.4, 0.5) is 0 Å². The third-order valence-electron chi connectivity index (χ3n) is 6.87. The summed E-state index contributed by atoms with van der Waals surface area (Å²) in [5, 5.41) is 33.7. The topological polar surface area (TPSA) is 132 Å². The number of aliphatic hydroxyl groups is 1. The maximum Gasteiger partial charge on any atom is 0.303 e. The molecule has 208 valence electrons. The molecule has 3 aromatic carbocycles. The predicted octanol–water partition coefficient (Wildman–Crippen LogP) is 5.34. The lowest BCUT2D eigenvalue weighted by molar-refractivity contribution is -0.138. The second-order valence-electron chi connectivity index (χ2n) is 9.85. The molecule has 4 rings (SSSR count). The zero-order chi connectivity index (χ0) is 28.3. The number of carbonyl (C=O) groups is 2. The van der Waals surface area contributed by atoms with Gasteiger partial charge in [-0.15, -0.1) is 10.2 Å². The number of carbonyl (C=O) groups excluding carboxylic acids is 1. The summed E-state index contributed by atoms with van der Waals surface area (Å²) in [7, 11) is 0. The third-order valence-corrected chi connectivity index (χ3v) is 6.87. The molecule has 3 N–H and O–H groups in total. The SMILES string of the molecule is CCCCC(=O)N(CC[C@H](O)CCC(=O)O)Cc1ccc(-c2cc(-c3ccccc3)ccc2-c2nn[nH]n2)cc1. The number of benzene rings is 3. The first-order valence-electron chi connectivity index (χ1n) is 13.6. The van der Waals surface area contributed by atoms with Crippen LogP contribution >= 0.6 is 0 Å². The van der Waals surface area contributed by atoms with Gasteiger partial charge in [-0.25, -0.2) is 0 Å². The first-order chi connectivity index (χ1) is 19.4. The number of aromatic nitrogens is 4. The number of nitrogens with one attached hydrogen (secondary N) is 1. The summed E-state index contributed by atoms with van der Waals surface area (Å²) >= 11 is 0. The number of aliphatic carboxylic acids is 1. The quantitative estimate of drug-likeness (QED) is 0.196. The smallest absolute Gasteiger partial charge is 0.303 e. The Hall–Kier alpha value is -4.37. The molecule has 0 aliphatic rings. The first-order valence-corrected chi connectivity index (χ1v) is 13.6. The van der Waals surface area contributed by atoms with Gasteiger partial charge in [0, 0.05) is 31.5 Å². The second-order valence-corrected chi connectivity index (χ2v) is 9.85. The highest BCUT2D eigenvalue weighted by Gasteiger charge is 2.17. The van der Waals surface area contributed by atoms with Crippen LogP contribution in [0, 0.1) is 0 Å². The number of hydrogen-bond donors (Lipinski definition) is 3. The van der Waals surface area contributed by atoms with E-state index < -0.39 is 12.1 Å². The maximum absolute atomic E-state index is 12.9. The van der Waals surface area contributed by atoms with Crippen molar-refractivity contribution in [1.29, 1.82) is 0 Å². The van der Waals surface area contributed by atoms with Crippen LogP contribution in [0.15, 0.2) is 72.8 Å². The first kappa shape index (κ1) is 28.6. The van der Waals surface area contributed by atoms with Crippen LogP contribution in [0.2, 0.25) is 0 Å². The van der Waals surface area contributed by atoms with E-state index in [2.05, 4.69) is 38.8 Å². The lowest BCUT2D eigenvalue weighted by Crippen LogP contribution is -2.33. The minimum Gasteiger partial charge on any atom is -0.481 e. The molecule has 0 saturated carbocycles. The van der Waals surface area contributed by atoms with Crippen molar-refractivity contribution < 1.29 is 19.8 Å². The highest BCUT2D eigenvalue weighted by atomic mass is 16.4. The van der Waals surface area contributed by atoms with Gasteiger partial charge in [-0.3, -0.25) is 9.59 Å². The van der Waals surface area contributed by atoms with E-state index in [4.69, 9.17) is 5.11 Å². The molecule has 40 heavy (non-hydrogen) atoms. The van der Waals surface area contributed by atoms with Crippen LogP contribution in [0.1, 0.15) is 51.0 Å². The van der Waals surface area contributed by atoms with E-state index in [1.165, 1.54) is 0 Å². The van der Waals surface area contributed by atoms with Gasteiger partial charge >= 0.3 is 5.97 Å². The molecule has 0 spiro atoms. The largest absolute Gasteiger partial charge is 0.481 e. The number of amides is 1. The van der Waals surface area contributed by atoms with Crippen molar-refractivity contribution in [1.82, 2.24) is 25.5 Å². The number of H-pyrrole nitrogens is 1. The van der Waals surface area contributed by atoms with Gasteiger partial charge in [-0.05, 0) is 64.4 Å². The Balaban J connectivity index is 1.55. The van der Waals surface area contributed by atoms with E-state index in [-0.39, 0.29) is 18.7 Å². The average Bonchev–Trinajstić information content (AvgIpc) is 3.52. The normalized spacial score (nSPS) is 11.8. The molecule has 0 fully saturated rings. The van der Waals surface area contributed by atoms with Crippen LogP contribution in [-0.4, -0.2) is 60.3 Å². The Labute approximate surface area is 233 Å². The number of aliphatic hydroxyl groups excluding tert-OH is 1. The van der Waals surface area contributed by atoms with Crippen molar-refractivity contribution in [2.45, 2.75) is 58.1 Å². The van der Waals surface area contributed by atoms with Crippen molar-refractivity contribution in [2.24, 2.45) is 0 Å². The van der Waals surface area contributed by atoms with Crippen molar-refractivity contribution in [2.75, 3.05) is 6.54 Å². The monoisotopic (exact) mass is 541 g/mol. The fourth-order valence-corrected chi connectivity index (χ4v) is 4.59. The van der Waals surface area contributed by atoms with Crippen molar-refractivity contribution >= 4 is 11.9 Å². The Morgan fingerprint density at radius 2 is 1.65 bits per heavy atom. The summed E-state index contributed by atoms with van der Waals surface area (Å²) in [5.74, 6) is -0.397. The highest BCUT2D eigenvalue weighted by Crippen LogP contribution is 2.34. The minimum atomic E-state index is -0.938. The number of carboxylic acid groups (broad SMARTS) is 1. The molecule has 1 amide bonds. The lowest BCUT2D eigenvalue weighted by atomic mass is 9.93. The number of nitrogens with zero attached hydrogens (tertiary/aromatic N) is 4. The van der Waals surface area contributed by atoms with E-state index in [0.717, 1.165) is 46.2 Å².